The van der Waals surface area contributed by atoms with Gasteiger partial charge in [-0.1, -0.05) is 106 Å². The van der Waals surface area contributed by atoms with Crippen LogP contribution in [0.25, 0.3) is 0 Å². The van der Waals surface area contributed by atoms with Crippen LogP contribution in [0.15, 0.2) is 48.5 Å². The largest absolute Gasteiger partial charge is 0.508 e. The number of benzene rings is 2. The summed E-state index contributed by atoms with van der Waals surface area (Å²) in [5.74, 6) is -0.0471. The summed E-state index contributed by atoms with van der Waals surface area (Å²) in [6.07, 6.45) is 12.5. The standard InChI is InChI=1S/C22H31NO.C12H24O2/c1-16(2)23(17(3)4)14-13-20(19-9-7-6-8-10-19)21-15-18(5)11-12-22(21)24;1-2-3-4-5-6-7-8-9-10-11-12(13)14/h6-12,15-17,20,24H,13-14H2,1-5H3;2-11H2,1H3,(H,13,14)/t20-;/m1./s1. The van der Waals surface area contributed by atoms with Crippen molar-refractivity contribution >= 4 is 5.97 Å². The van der Waals surface area contributed by atoms with Crippen LogP contribution in [0, 0.1) is 6.92 Å². The van der Waals surface area contributed by atoms with Gasteiger partial charge >= 0.3 is 5.97 Å². The van der Waals surface area contributed by atoms with Gasteiger partial charge in [-0.05, 0) is 65.6 Å². The summed E-state index contributed by atoms with van der Waals surface area (Å²) in [6, 6.07) is 17.5. The van der Waals surface area contributed by atoms with Gasteiger partial charge in [0, 0.05) is 30.0 Å². The molecule has 0 aromatic heterocycles. The van der Waals surface area contributed by atoms with E-state index in [-0.39, 0.29) is 5.92 Å². The molecule has 0 aliphatic carbocycles. The number of aryl methyl sites for hydroxylation is 1. The molecule has 2 N–H and O–H groups in total. The number of phenolic OH excluding ortho intramolecular Hbond substituents is 1. The molecule has 2 aromatic carbocycles. The second-order valence-electron chi connectivity index (χ2n) is 11.2. The maximum atomic E-state index is 10.4. The van der Waals surface area contributed by atoms with Crippen molar-refractivity contribution in [2.45, 2.75) is 130 Å². The zero-order valence-electron chi connectivity index (χ0n) is 25.1. The summed E-state index contributed by atoms with van der Waals surface area (Å²) in [6.45, 7) is 14.3. The van der Waals surface area contributed by atoms with Crippen LogP contribution >= 0.6 is 0 Å². The van der Waals surface area contributed by atoms with Crippen molar-refractivity contribution in [3.63, 3.8) is 0 Å². The van der Waals surface area contributed by atoms with E-state index in [2.05, 4.69) is 76.8 Å². The smallest absolute Gasteiger partial charge is 0.303 e. The predicted molar refractivity (Wildman–Crippen MR) is 162 cm³/mol. The van der Waals surface area contributed by atoms with Gasteiger partial charge < -0.3 is 10.2 Å². The molecule has 2 rings (SSSR count). The average Bonchev–Trinajstić information content (AvgIpc) is 2.87. The van der Waals surface area contributed by atoms with E-state index in [1.807, 2.05) is 18.2 Å². The Labute approximate surface area is 233 Å². The maximum Gasteiger partial charge on any atom is 0.303 e. The fourth-order valence-electron chi connectivity index (χ4n) is 5.12. The molecule has 0 saturated heterocycles. The minimum atomic E-state index is -0.659. The van der Waals surface area contributed by atoms with E-state index in [0.29, 0.717) is 24.3 Å². The van der Waals surface area contributed by atoms with E-state index in [1.54, 1.807) is 0 Å². The SMILES string of the molecule is CCCCCCCCCCCC(=O)O.Cc1ccc(O)c([C@H](CCN(C(C)C)C(C)C)c2ccccc2)c1. The zero-order valence-corrected chi connectivity index (χ0v) is 25.1. The Kier molecular flexibility index (Phi) is 17.5. The van der Waals surface area contributed by atoms with Crippen LogP contribution in [0.5, 0.6) is 5.75 Å². The topological polar surface area (TPSA) is 60.8 Å². The van der Waals surface area contributed by atoms with E-state index in [0.717, 1.165) is 31.4 Å². The van der Waals surface area contributed by atoms with E-state index < -0.39 is 5.97 Å². The fourth-order valence-corrected chi connectivity index (χ4v) is 5.12. The first-order valence-electron chi connectivity index (χ1n) is 15.0. The van der Waals surface area contributed by atoms with Gasteiger partial charge in [-0.2, -0.15) is 0 Å². The lowest BCUT2D eigenvalue weighted by Gasteiger charge is -2.32. The second kappa shape index (κ2) is 19.7. The predicted octanol–water partition coefficient (Wildman–Crippen LogP) is 9.33. The molecule has 1 atom stereocenters. The molecule has 0 amide bonds. The van der Waals surface area contributed by atoms with Crippen molar-refractivity contribution in [1.82, 2.24) is 4.90 Å². The summed E-state index contributed by atoms with van der Waals surface area (Å²) in [4.78, 5) is 12.7. The highest BCUT2D eigenvalue weighted by Crippen LogP contribution is 2.35. The third-order valence-electron chi connectivity index (χ3n) is 7.26. The lowest BCUT2D eigenvalue weighted by atomic mass is 9.87. The van der Waals surface area contributed by atoms with Gasteiger partial charge in [0.05, 0.1) is 0 Å². The maximum absolute atomic E-state index is 10.4. The van der Waals surface area contributed by atoms with Crippen LogP contribution in [-0.4, -0.2) is 39.7 Å². The Morgan fingerprint density at radius 3 is 1.89 bits per heavy atom. The molecular formula is C34H55NO3. The van der Waals surface area contributed by atoms with Crippen molar-refractivity contribution in [1.29, 1.82) is 0 Å². The Bertz CT molecular complexity index is 871. The van der Waals surface area contributed by atoms with E-state index in [1.165, 1.54) is 56.1 Å². The minimum Gasteiger partial charge on any atom is -0.508 e. The van der Waals surface area contributed by atoms with Crippen LogP contribution in [0.2, 0.25) is 0 Å². The number of phenols is 1. The molecule has 0 heterocycles. The molecule has 2 aromatic rings. The summed E-state index contributed by atoms with van der Waals surface area (Å²) in [5, 5.41) is 18.8. The average molecular weight is 526 g/mol. The Hall–Kier alpha value is -2.33. The molecule has 0 aliphatic heterocycles. The van der Waals surface area contributed by atoms with Gasteiger partial charge in [0.2, 0.25) is 0 Å². The van der Waals surface area contributed by atoms with E-state index in [9.17, 15) is 9.90 Å². The molecule has 0 fully saturated rings. The lowest BCUT2D eigenvalue weighted by molar-refractivity contribution is -0.137. The Balaban J connectivity index is 0.000000442. The highest BCUT2D eigenvalue weighted by Gasteiger charge is 2.21. The second-order valence-corrected chi connectivity index (χ2v) is 11.2. The van der Waals surface area contributed by atoms with Gasteiger partial charge in [0.25, 0.3) is 0 Å². The number of rotatable bonds is 17. The van der Waals surface area contributed by atoms with Crippen LogP contribution in [0.3, 0.4) is 0 Å². The summed E-state index contributed by atoms with van der Waals surface area (Å²) >= 11 is 0. The minimum absolute atomic E-state index is 0.214. The van der Waals surface area contributed by atoms with Gasteiger partial charge in [-0.15, -0.1) is 0 Å². The Morgan fingerprint density at radius 2 is 1.37 bits per heavy atom. The van der Waals surface area contributed by atoms with Crippen molar-refractivity contribution in [2.24, 2.45) is 0 Å². The molecule has 0 spiro atoms. The number of unbranched alkanes of at least 4 members (excludes halogenated alkanes) is 8. The number of aliphatic carboxylic acids is 1. The van der Waals surface area contributed by atoms with Crippen LogP contribution in [0.1, 0.15) is 128 Å². The molecule has 214 valence electrons. The van der Waals surface area contributed by atoms with Crippen LogP contribution in [0.4, 0.5) is 0 Å². The van der Waals surface area contributed by atoms with Crippen molar-refractivity contribution in [3.05, 3.63) is 65.2 Å². The third-order valence-corrected chi connectivity index (χ3v) is 7.26. The Morgan fingerprint density at radius 1 is 0.816 bits per heavy atom. The van der Waals surface area contributed by atoms with Crippen molar-refractivity contribution in [3.8, 4) is 5.75 Å². The van der Waals surface area contributed by atoms with Gasteiger partial charge in [0.15, 0.2) is 0 Å². The van der Waals surface area contributed by atoms with Crippen molar-refractivity contribution in [2.75, 3.05) is 6.54 Å². The number of carboxylic acids is 1. The molecule has 0 unspecified atom stereocenters. The number of hydrogen-bond acceptors (Lipinski definition) is 3. The summed E-state index contributed by atoms with van der Waals surface area (Å²) in [7, 11) is 0. The fraction of sp³-hybridized carbons (Fsp3) is 0.618. The summed E-state index contributed by atoms with van der Waals surface area (Å²) in [5.41, 5.74) is 3.49. The first-order valence-corrected chi connectivity index (χ1v) is 15.0. The van der Waals surface area contributed by atoms with Gasteiger partial charge in [-0.25, -0.2) is 0 Å². The zero-order chi connectivity index (χ0) is 28.3. The molecule has 38 heavy (non-hydrogen) atoms. The third kappa shape index (κ3) is 14.0. The molecule has 4 nitrogen and oxygen atoms in total. The molecule has 0 radical (unpaired) electrons. The van der Waals surface area contributed by atoms with E-state index >= 15 is 0 Å². The summed E-state index contributed by atoms with van der Waals surface area (Å²) < 4.78 is 0. The van der Waals surface area contributed by atoms with Crippen LogP contribution < -0.4 is 0 Å². The first kappa shape index (κ1) is 33.7. The highest BCUT2D eigenvalue weighted by atomic mass is 16.4. The van der Waals surface area contributed by atoms with E-state index in [4.69, 9.17) is 5.11 Å². The first-order chi connectivity index (χ1) is 18.2. The molecular weight excluding hydrogens is 470 g/mol. The quantitative estimate of drug-likeness (QED) is 0.202. The highest BCUT2D eigenvalue weighted by molar-refractivity contribution is 5.66. The number of carbonyl (C=O) groups is 1. The number of carboxylic acid groups (broad SMARTS) is 1. The molecule has 0 saturated carbocycles. The normalized spacial score (nSPS) is 12.0. The monoisotopic (exact) mass is 525 g/mol. The lowest BCUT2D eigenvalue weighted by Crippen LogP contribution is -2.38. The molecule has 0 aliphatic rings. The molecule has 0 bridgehead atoms. The number of nitrogens with zero attached hydrogens (tertiary/aromatic N) is 1. The van der Waals surface area contributed by atoms with Gasteiger partial charge in [-0.3, -0.25) is 9.69 Å². The van der Waals surface area contributed by atoms with Crippen molar-refractivity contribution < 1.29 is 15.0 Å². The van der Waals surface area contributed by atoms with Gasteiger partial charge in [0.1, 0.15) is 5.75 Å². The van der Waals surface area contributed by atoms with Crippen LogP contribution in [-0.2, 0) is 4.79 Å². The number of aromatic hydroxyl groups is 1. The number of hydrogen-bond donors (Lipinski definition) is 2. The molecule has 4 heteroatoms.